The highest BCUT2D eigenvalue weighted by Gasteiger charge is 2.32. The van der Waals surface area contributed by atoms with Gasteiger partial charge < -0.3 is 19.1 Å². The van der Waals surface area contributed by atoms with Crippen molar-refractivity contribution >= 4 is 17.5 Å². The standard InChI is InChI=1S/C19H17ClF3NO4/c1-24(11-13-4-2-3-5-15(13)28-19(21,22)23)17(25)10-12-8-14(20)18-16(9-12)26-6-7-27-18/h2-5,8-9H,6-7,10-11H2,1H3. The highest BCUT2D eigenvalue weighted by atomic mass is 35.5. The van der Waals surface area contributed by atoms with Crippen molar-refractivity contribution in [1.82, 2.24) is 4.90 Å². The number of hydrogen-bond acceptors (Lipinski definition) is 4. The summed E-state index contributed by atoms with van der Waals surface area (Å²) in [7, 11) is 1.51. The number of fused-ring (bicyclic) bond motifs is 1. The zero-order chi connectivity index (χ0) is 20.3. The first kappa shape index (κ1) is 20.1. The fraction of sp³-hybridized carbons (Fsp3) is 0.316. The molecule has 1 aliphatic rings. The molecule has 0 spiro atoms. The molecule has 0 saturated heterocycles. The number of amides is 1. The van der Waals surface area contributed by atoms with Crippen LogP contribution in [-0.2, 0) is 17.8 Å². The zero-order valence-corrected chi connectivity index (χ0v) is 15.6. The minimum Gasteiger partial charge on any atom is -0.486 e. The van der Waals surface area contributed by atoms with Crippen LogP contribution in [0.4, 0.5) is 13.2 Å². The van der Waals surface area contributed by atoms with E-state index in [9.17, 15) is 18.0 Å². The lowest BCUT2D eigenvalue weighted by Crippen LogP contribution is -2.28. The number of hydrogen-bond donors (Lipinski definition) is 0. The Hall–Kier alpha value is -2.61. The van der Waals surface area contributed by atoms with Gasteiger partial charge in [-0.3, -0.25) is 4.79 Å². The average Bonchev–Trinajstić information content (AvgIpc) is 2.62. The Bertz CT molecular complexity index is 873. The lowest BCUT2D eigenvalue weighted by Gasteiger charge is -2.22. The second kappa shape index (κ2) is 8.18. The number of halogens is 4. The quantitative estimate of drug-likeness (QED) is 0.734. The molecule has 1 aliphatic heterocycles. The maximum absolute atomic E-state index is 12.5. The number of carbonyl (C=O) groups is 1. The van der Waals surface area contributed by atoms with Crippen LogP contribution in [0.3, 0.4) is 0 Å². The molecule has 0 atom stereocenters. The second-order valence-electron chi connectivity index (χ2n) is 6.18. The molecule has 150 valence electrons. The summed E-state index contributed by atoms with van der Waals surface area (Å²) in [5.74, 6) is 0.274. The Labute approximate surface area is 164 Å². The first-order chi connectivity index (χ1) is 13.2. The Morgan fingerprint density at radius 1 is 1.21 bits per heavy atom. The van der Waals surface area contributed by atoms with Crippen molar-refractivity contribution in [1.29, 1.82) is 0 Å². The van der Waals surface area contributed by atoms with Gasteiger partial charge in [-0.15, -0.1) is 13.2 Å². The number of carbonyl (C=O) groups excluding carboxylic acids is 1. The third kappa shape index (κ3) is 5.01. The van der Waals surface area contributed by atoms with E-state index < -0.39 is 6.36 Å². The van der Waals surface area contributed by atoms with Crippen molar-refractivity contribution in [2.24, 2.45) is 0 Å². The minimum atomic E-state index is -4.80. The van der Waals surface area contributed by atoms with Gasteiger partial charge in [-0.25, -0.2) is 0 Å². The summed E-state index contributed by atoms with van der Waals surface area (Å²) in [6.07, 6.45) is -4.80. The van der Waals surface area contributed by atoms with Crippen LogP contribution in [0.1, 0.15) is 11.1 Å². The molecule has 0 radical (unpaired) electrons. The normalized spacial score (nSPS) is 13.2. The zero-order valence-electron chi connectivity index (χ0n) is 14.9. The molecule has 0 unspecified atom stereocenters. The van der Waals surface area contributed by atoms with Crippen molar-refractivity contribution in [2.45, 2.75) is 19.3 Å². The van der Waals surface area contributed by atoms with Crippen LogP contribution in [0.2, 0.25) is 5.02 Å². The highest BCUT2D eigenvalue weighted by Crippen LogP contribution is 2.38. The topological polar surface area (TPSA) is 48.0 Å². The molecule has 0 bridgehead atoms. The molecule has 28 heavy (non-hydrogen) atoms. The van der Waals surface area contributed by atoms with Gasteiger partial charge in [0.2, 0.25) is 5.91 Å². The number of benzene rings is 2. The highest BCUT2D eigenvalue weighted by molar-refractivity contribution is 6.32. The van der Waals surface area contributed by atoms with Crippen LogP contribution >= 0.6 is 11.6 Å². The van der Waals surface area contributed by atoms with Crippen LogP contribution in [-0.4, -0.2) is 37.4 Å². The largest absolute Gasteiger partial charge is 0.573 e. The first-order valence-corrected chi connectivity index (χ1v) is 8.76. The van der Waals surface area contributed by atoms with Gasteiger partial charge in [-0.2, -0.15) is 0 Å². The fourth-order valence-corrected chi connectivity index (χ4v) is 3.07. The molecular weight excluding hydrogens is 399 g/mol. The van der Waals surface area contributed by atoms with E-state index >= 15 is 0 Å². The van der Waals surface area contributed by atoms with Crippen molar-refractivity contribution in [2.75, 3.05) is 20.3 Å². The minimum absolute atomic E-state index is 0.00908. The monoisotopic (exact) mass is 415 g/mol. The van der Waals surface area contributed by atoms with Crippen molar-refractivity contribution in [3.63, 3.8) is 0 Å². The van der Waals surface area contributed by atoms with Gasteiger partial charge in [0.25, 0.3) is 0 Å². The summed E-state index contributed by atoms with van der Waals surface area (Å²) in [4.78, 5) is 13.9. The molecule has 3 rings (SSSR count). The van der Waals surface area contributed by atoms with Crippen LogP contribution in [0.25, 0.3) is 0 Å². The van der Waals surface area contributed by atoms with Crippen LogP contribution in [0, 0.1) is 0 Å². The summed E-state index contributed by atoms with van der Waals surface area (Å²) in [6, 6.07) is 8.99. The molecule has 0 aliphatic carbocycles. The van der Waals surface area contributed by atoms with E-state index in [1.165, 1.54) is 30.1 Å². The number of ether oxygens (including phenoxy) is 3. The third-order valence-corrected chi connectivity index (χ3v) is 4.32. The molecular formula is C19H17ClF3NO4. The molecule has 2 aromatic rings. The molecule has 9 heteroatoms. The Balaban J connectivity index is 1.70. The van der Waals surface area contributed by atoms with E-state index in [-0.39, 0.29) is 30.2 Å². The molecule has 0 N–H and O–H groups in total. The summed E-state index contributed by atoms with van der Waals surface area (Å²) >= 11 is 6.17. The molecule has 1 heterocycles. The summed E-state index contributed by atoms with van der Waals surface area (Å²) in [5.41, 5.74) is 0.863. The third-order valence-electron chi connectivity index (χ3n) is 4.04. The Morgan fingerprint density at radius 2 is 1.93 bits per heavy atom. The van der Waals surface area contributed by atoms with Gasteiger partial charge in [0.05, 0.1) is 11.4 Å². The second-order valence-corrected chi connectivity index (χ2v) is 6.59. The summed E-state index contributed by atoms with van der Waals surface area (Å²) in [6.45, 7) is 0.743. The number of likely N-dealkylation sites (N-methyl/N-ethyl adjacent to an activating group) is 1. The van der Waals surface area contributed by atoms with E-state index in [0.29, 0.717) is 35.3 Å². The molecule has 0 fully saturated rings. The fourth-order valence-electron chi connectivity index (χ4n) is 2.78. The molecule has 0 saturated carbocycles. The lowest BCUT2D eigenvalue weighted by atomic mass is 10.1. The smallest absolute Gasteiger partial charge is 0.486 e. The van der Waals surface area contributed by atoms with Gasteiger partial charge in [0.1, 0.15) is 19.0 Å². The van der Waals surface area contributed by atoms with E-state index in [0.717, 1.165) is 0 Å². The summed E-state index contributed by atoms with van der Waals surface area (Å²) < 4.78 is 52.6. The van der Waals surface area contributed by atoms with E-state index in [2.05, 4.69) is 4.74 Å². The van der Waals surface area contributed by atoms with Gasteiger partial charge >= 0.3 is 6.36 Å². The van der Waals surface area contributed by atoms with E-state index in [4.69, 9.17) is 21.1 Å². The molecule has 5 nitrogen and oxygen atoms in total. The first-order valence-electron chi connectivity index (χ1n) is 8.38. The maximum Gasteiger partial charge on any atom is 0.573 e. The van der Waals surface area contributed by atoms with Gasteiger partial charge in [-0.05, 0) is 23.8 Å². The van der Waals surface area contributed by atoms with Gasteiger partial charge in [-0.1, -0.05) is 29.8 Å². The van der Waals surface area contributed by atoms with E-state index in [1.54, 1.807) is 18.2 Å². The van der Waals surface area contributed by atoms with Crippen molar-refractivity contribution < 1.29 is 32.2 Å². The van der Waals surface area contributed by atoms with Crippen molar-refractivity contribution in [3.05, 3.63) is 52.5 Å². The maximum atomic E-state index is 12.5. The van der Waals surface area contributed by atoms with Gasteiger partial charge in [0.15, 0.2) is 11.5 Å². The average molecular weight is 416 g/mol. The SMILES string of the molecule is CN(Cc1ccccc1OC(F)(F)F)C(=O)Cc1cc(Cl)c2c(c1)OCCO2. The number of nitrogens with zero attached hydrogens (tertiary/aromatic N) is 1. The number of alkyl halides is 3. The van der Waals surface area contributed by atoms with Gasteiger partial charge in [0, 0.05) is 19.2 Å². The lowest BCUT2D eigenvalue weighted by molar-refractivity contribution is -0.275. The molecule has 0 aromatic heterocycles. The number of para-hydroxylation sites is 1. The van der Waals surface area contributed by atoms with Crippen LogP contribution < -0.4 is 14.2 Å². The Morgan fingerprint density at radius 3 is 2.68 bits per heavy atom. The molecule has 1 amide bonds. The summed E-state index contributed by atoms with van der Waals surface area (Å²) in [5, 5.41) is 0.339. The van der Waals surface area contributed by atoms with E-state index in [1.807, 2.05) is 0 Å². The predicted octanol–water partition coefficient (Wildman–Crippen LogP) is 4.21. The Kier molecular flexibility index (Phi) is 5.88. The predicted molar refractivity (Wildman–Crippen MR) is 95.7 cm³/mol. The molecule has 2 aromatic carbocycles. The van der Waals surface area contributed by atoms with Crippen LogP contribution in [0.5, 0.6) is 17.2 Å². The van der Waals surface area contributed by atoms with Crippen LogP contribution in [0.15, 0.2) is 36.4 Å². The van der Waals surface area contributed by atoms with Crippen molar-refractivity contribution in [3.8, 4) is 17.2 Å². The number of rotatable bonds is 5.